The lowest BCUT2D eigenvalue weighted by atomic mass is 9.84. The van der Waals surface area contributed by atoms with Crippen LogP contribution in [0.3, 0.4) is 0 Å². The molecular weight excluding hydrogens is 600 g/mol. The van der Waals surface area contributed by atoms with Crippen LogP contribution < -0.4 is 26.0 Å². The van der Waals surface area contributed by atoms with Crippen molar-refractivity contribution < 1.29 is 18.0 Å². The highest BCUT2D eigenvalue weighted by atomic mass is 32.2. The quantitative estimate of drug-likeness (QED) is 0.0927. The number of hydrogen-bond donors (Lipinski definition) is 5. The number of anilines is 3. The summed E-state index contributed by atoms with van der Waals surface area (Å²) in [5.74, 6) is 1.30. The topological polar surface area (TPSA) is 141 Å². The fourth-order valence-electron chi connectivity index (χ4n) is 5.91. The minimum Gasteiger partial charge on any atom is -0.370 e. The van der Waals surface area contributed by atoms with Crippen molar-refractivity contribution >= 4 is 39.2 Å². The van der Waals surface area contributed by atoms with Gasteiger partial charge in [0.25, 0.3) is 10.0 Å². The first-order valence-electron chi connectivity index (χ1n) is 17.4. The van der Waals surface area contributed by atoms with Gasteiger partial charge in [0.15, 0.2) is 0 Å². The summed E-state index contributed by atoms with van der Waals surface area (Å²) in [5.41, 5.74) is 0.700. The summed E-state index contributed by atoms with van der Waals surface area (Å²) in [4.78, 5) is 30.7. The van der Waals surface area contributed by atoms with Crippen LogP contribution in [-0.4, -0.2) is 44.5 Å². The molecule has 1 aliphatic carbocycles. The normalized spacial score (nSPS) is 15.0. The molecule has 5 N–H and O–H groups in total. The molecule has 0 radical (unpaired) electrons. The molecule has 1 saturated carbocycles. The van der Waals surface area contributed by atoms with Gasteiger partial charge in [0.05, 0.1) is 5.69 Å². The maximum atomic E-state index is 13.3. The van der Waals surface area contributed by atoms with E-state index in [-0.39, 0.29) is 10.8 Å². The van der Waals surface area contributed by atoms with E-state index in [0.29, 0.717) is 42.0 Å². The summed E-state index contributed by atoms with van der Waals surface area (Å²) in [6.45, 7) is 7.88. The van der Waals surface area contributed by atoms with E-state index in [1.54, 1.807) is 30.3 Å². The number of amides is 3. The Bertz CT molecular complexity index is 1300. The third-order valence-electron chi connectivity index (χ3n) is 8.78. The molecule has 0 spiro atoms. The summed E-state index contributed by atoms with van der Waals surface area (Å²) in [5, 5.41) is 12.0. The van der Waals surface area contributed by atoms with Gasteiger partial charge in [-0.3, -0.25) is 9.52 Å². The van der Waals surface area contributed by atoms with Gasteiger partial charge in [0.2, 0.25) is 5.91 Å². The molecule has 1 aromatic carbocycles. The van der Waals surface area contributed by atoms with E-state index in [9.17, 15) is 18.0 Å². The van der Waals surface area contributed by atoms with E-state index in [0.717, 1.165) is 70.8 Å². The zero-order valence-electron chi connectivity index (χ0n) is 28.1. The fraction of sp³-hybridized carbons (Fsp3) is 0.629. The Hall–Kier alpha value is -3.34. The van der Waals surface area contributed by atoms with Crippen molar-refractivity contribution in [3.8, 4) is 0 Å². The van der Waals surface area contributed by atoms with Crippen molar-refractivity contribution in [2.75, 3.05) is 28.4 Å². The van der Waals surface area contributed by atoms with E-state index >= 15 is 0 Å². The smallest absolute Gasteiger partial charge is 0.319 e. The molecule has 256 valence electrons. The molecule has 1 aliphatic rings. The summed E-state index contributed by atoms with van der Waals surface area (Å²) in [7, 11) is -3.90. The van der Waals surface area contributed by atoms with E-state index in [1.807, 2.05) is 0 Å². The lowest BCUT2D eigenvalue weighted by molar-refractivity contribution is -0.123. The largest absolute Gasteiger partial charge is 0.370 e. The van der Waals surface area contributed by atoms with E-state index < -0.39 is 22.1 Å². The number of unbranched alkanes of at least 4 members (excludes halogenated alkanes) is 4. The lowest BCUT2D eigenvalue weighted by Gasteiger charge is -2.27. The van der Waals surface area contributed by atoms with Crippen LogP contribution in [0.4, 0.5) is 22.0 Å². The van der Waals surface area contributed by atoms with Crippen molar-refractivity contribution in [3.05, 3.63) is 42.6 Å². The fourth-order valence-corrected chi connectivity index (χ4v) is 6.90. The SMILES string of the molecule is CCCCCCNc1ccc(S(=O)(=O)Nc2cccc(NC(=O)N[C@H](CC3CCCCC3)C(=O)NCC(CC)CCCC)c2)cn1. The number of carbonyl (C=O) groups excluding carboxylic acids is 2. The first kappa shape index (κ1) is 37.1. The molecule has 0 saturated heterocycles. The molecule has 0 bridgehead atoms. The Morgan fingerprint density at radius 2 is 1.70 bits per heavy atom. The van der Waals surface area contributed by atoms with Crippen LogP contribution in [0.2, 0.25) is 0 Å². The van der Waals surface area contributed by atoms with Crippen molar-refractivity contribution in [3.63, 3.8) is 0 Å². The number of sulfonamides is 1. The molecule has 10 nitrogen and oxygen atoms in total. The number of urea groups is 1. The van der Waals surface area contributed by atoms with Gasteiger partial charge >= 0.3 is 6.03 Å². The molecule has 1 aromatic heterocycles. The molecule has 3 amide bonds. The van der Waals surface area contributed by atoms with E-state index in [1.165, 1.54) is 31.5 Å². The van der Waals surface area contributed by atoms with E-state index in [2.05, 4.69) is 51.7 Å². The highest BCUT2D eigenvalue weighted by Gasteiger charge is 2.26. The van der Waals surface area contributed by atoms with Crippen LogP contribution in [0.5, 0.6) is 0 Å². The first-order valence-corrected chi connectivity index (χ1v) is 18.9. The van der Waals surface area contributed by atoms with Gasteiger partial charge in [-0.05, 0) is 61.4 Å². The Labute approximate surface area is 276 Å². The van der Waals surface area contributed by atoms with Crippen molar-refractivity contribution in [2.45, 2.75) is 122 Å². The summed E-state index contributed by atoms with van der Waals surface area (Å²) < 4.78 is 28.7. The molecule has 1 fully saturated rings. The summed E-state index contributed by atoms with van der Waals surface area (Å²) in [6, 6.07) is 8.52. The maximum Gasteiger partial charge on any atom is 0.319 e. The second kappa shape index (κ2) is 20.0. The number of carbonyl (C=O) groups is 2. The van der Waals surface area contributed by atoms with Crippen molar-refractivity contribution in [1.82, 2.24) is 15.6 Å². The molecule has 0 aliphatic heterocycles. The number of aromatic nitrogens is 1. The highest BCUT2D eigenvalue weighted by Crippen LogP contribution is 2.28. The molecule has 2 aromatic rings. The predicted molar refractivity (Wildman–Crippen MR) is 188 cm³/mol. The number of nitrogens with one attached hydrogen (secondary N) is 5. The van der Waals surface area contributed by atoms with Gasteiger partial charge in [-0.2, -0.15) is 0 Å². The van der Waals surface area contributed by atoms with Crippen LogP contribution >= 0.6 is 0 Å². The van der Waals surface area contributed by atoms with Crippen LogP contribution in [0.1, 0.15) is 111 Å². The average molecular weight is 657 g/mol. The molecule has 3 rings (SSSR count). The minimum absolute atomic E-state index is 0.0386. The summed E-state index contributed by atoms with van der Waals surface area (Å²) >= 11 is 0. The number of benzene rings is 1. The van der Waals surface area contributed by atoms with Gasteiger partial charge in [-0.25, -0.2) is 18.2 Å². The van der Waals surface area contributed by atoms with Crippen molar-refractivity contribution in [2.24, 2.45) is 11.8 Å². The van der Waals surface area contributed by atoms with E-state index in [4.69, 9.17) is 0 Å². The molecule has 46 heavy (non-hydrogen) atoms. The molecule has 1 unspecified atom stereocenters. The van der Waals surface area contributed by atoms with Crippen LogP contribution in [0.15, 0.2) is 47.5 Å². The molecule has 11 heteroatoms. The van der Waals surface area contributed by atoms with Gasteiger partial charge in [-0.1, -0.05) is 97.5 Å². The summed E-state index contributed by atoms with van der Waals surface area (Å²) in [6.07, 6.45) is 16.5. The third-order valence-corrected chi connectivity index (χ3v) is 10.1. The Kier molecular flexibility index (Phi) is 16.2. The Morgan fingerprint density at radius 3 is 2.39 bits per heavy atom. The molecule has 2 atom stereocenters. The minimum atomic E-state index is -3.90. The van der Waals surface area contributed by atoms with Crippen LogP contribution in [0.25, 0.3) is 0 Å². The Morgan fingerprint density at radius 1 is 0.935 bits per heavy atom. The maximum absolute atomic E-state index is 13.3. The van der Waals surface area contributed by atoms with Crippen molar-refractivity contribution in [1.29, 1.82) is 0 Å². The van der Waals surface area contributed by atoms with Crippen LogP contribution in [-0.2, 0) is 14.8 Å². The van der Waals surface area contributed by atoms with Gasteiger partial charge < -0.3 is 21.3 Å². The average Bonchev–Trinajstić information content (AvgIpc) is 3.05. The number of pyridine rings is 1. The molecule has 1 heterocycles. The van der Waals surface area contributed by atoms with Gasteiger partial charge in [-0.15, -0.1) is 0 Å². The second-order valence-electron chi connectivity index (χ2n) is 12.6. The lowest BCUT2D eigenvalue weighted by Crippen LogP contribution is -2.50. The standard InChI is InChI=1S/C35H56N6O4S/c1-4-7-9-13-22-36-33-21-20-31(26-37-33)46(44,45)41-30-19-14-18-29(24-30)39-35(43)40-32(23-28-16-11-10-12-17-28)34(42)38-25-27(6-3)15-8-5-2/h14,18-21,24,26-28,32,41H,4-13,15-17,22-23,25H2,1-3H3,(H,36,37)(H,38,42)(H2,39,40,43)/t27?,32-/m1/s1. The first-order chi connectivity index (χ1) is 22.2. The predicted octanol–water partition coefficient (Wildman–Crippen LogP) is 7.67. The van der Waals surface area contributed by atoms with Gasteiger partial charge in [0.1, 0.15) is 16.8 Å². The zero-order valence-corrected chi connectivity index (χ0v) is 28.9. The second-order valence-corrected chi connectivity index (χ2v) is 14.3. The highest BCUT2D eigenvalue weighted by molar-refractivity contribution is 7.92. The Balaban J connectivity index is 1.59. The monoisotopic (exact) mass is 656 g/mol. The molecular formula is C35H56N6O4S. The third kappa shape index (κ3) is 13.2. The number of rotatable bonds is 20. The van der Waals surface area contributed by atoms with Gasteiger partial charge in [0, 0.05) is 25.0 Å². The number of nitrogens with zero attached hydrogens (tertiary/aromatic N) is 1. The van der Waals surface area contributed by atoms with Crippen LogP contribution in [0, 0.1) is 11.8 Å². The zero-order chi connectivity index (χ0) is 33.2. The number of hydrogen-bond acceptors (Lipinski definition) is 6.